The minimum absolute atomic E-state index is 0.816. The smallest absolute Gasteiger partial charge is 0.0987 e. The van der Waals surface area contributed by atoms with E-state index in [1.807, 2.05) is 24.3 Å². The number of rotatable bonds is 2. The van der Waals surface area contributed by atoms with Gasteiger partial charge in [-0.2, -0.15) is 0 Å². The second kappa shape index (κ2) is 4.67. The van der Waals surface area contributed by atoms with E-state index in [1.165, 1.54) is 5.57 Å². The number of fused-ring (bicyclic) bond motifs is 1. The first-order valence-corrected chi connectivity index (χ1v) is 6.70. The molecule has 0 aromatic carbocycles. The zero-order valence-corrected chi connectivity index (χ0v) is 11.6. The fourth-order valence-corrected chi connectivity index (χ4v) is 2.09. The van der Waals surface area contributed by atoms with Crippen LogP contribution in [0.25, 0.3) is 0 Å². The van der Waals surface area contributed by atoms with Crippen molar-refractivity contribution in [2.24, 2.45) is 0 Å². The Kier molecular flexibility index (Phi) is 3.40. The van der Waals surface area contributed by atoms with Crippen molar-refractivity contribution < 1.29 is 5.11 Å². The average Bonchev–Trinajstić information content (AvgIpc) is 2.48. The van der Waals surface area contributed by atoms with Crippen molar-refractivity contribution in [3.8, 4) is 0 Å². The van der Waals surface area contributed by atoms with Gasteiger partial charge in [0.2, 0.25) is 0 Å². The molecule has 1 aliphatic heterocycles. The van der Waals surface area contributed by atoms with E-state index < -0.39 is 5.60 Å². The molecule has 90 valence electrons. The Labute approximate surface area is 110 Å². The second-order valence-electron chi connectivity index (χ2n) is 4.68. The monoisotopic (exact) mass is 293 g/mol. The molecule has 0 atom stereocenters. The number of alkyl halides is 1. The van der Waals surface area contributed by atoms with Gasteiger partial charge in [-0.3, -0.25) is 0 Å². The maximum Gasteiger partial charge on any atom is 0.0987 e. The molecule has 0 radical (unpaired) electrons. The average molecular weight is 294 g/mol. The minimum Gasteiger partial charge on any atom is -0.384 e. The summed E-state index contributed by atoms with van der Waals surface area (Å²) in [6.07, 6.45) is 12.2. The van der Waals surface area contributed by atoms with Crippen molar-refractivity contribution in [3.63, 3.8) is 0 Å². The third-order valence-corrected chi connectivity index (χ3v) is 3.38. The molecular formula is C14H16BrNO. The van der Waals surface area contributed by atoms with E-state index in [1.54, 1.807) is 13.8 Å². The first-order chi connectivity index (χ1) is 8.00. The molecule has 2 nitrogen and oxygen atoms in total. The van der Waals surface area contributed by atoms with Gasteiger partial charge in [-0.15, -0.1) is 0 Å². The van der Waals surface area contributed by atoms with E-state index in [-0.39, 0.29) is 0 Å². The van der Waals surface area contributed by atoms with Gasteiger partial charge in [-0.05, 0) is 43.2 Å². The fraction of sp³-hybridized carbons (Fsp3) is 0.286. The lowest BCUT2D eigenvalue weighted by molar-refractivity contribution is 0.113. The van der Waals surface area contributed by atoms with Crippen LogP contribution in [-0.4, -0.2) is 16.0 Å². The van der Waals surface area contributed by atoms with Gasteiger partial charge in [0.1, 0.15) is 0 Å². The SMILES string of the molecule is CC(C)(O)C1=CC=C2C=C(CBr)C=CC=C2N1. The molecule has 2 N–H and O–H groups in total. The van der Waals surface area contributed by atoms with Crippen molar-refractivity contribution >= 4 is 15.9 Å². The molecule has 0 unspecified atom stereocenters. The van der Waals surface area contributed by atoms with Gasteiger partial charge in [0, 0.05) is 16.7 Å². The Morgan fingerprint density at radius 2 is 2.06 bits per heavy atom. The molecule has 0 saturated heterocycles. The van der Waals surface area contributed by atoms with Crippen LogP contribution in [0.5, 0.6) is 0 Å². The molecule has 1 aliphatic carbocycles. The van der Waals surface area contributed by atoms with Gasteiger partial charge in [0.25, 0.3) is 0 Å². The van der Waals surface area contributed by atoms with E-state index in [9.17, 15) is 5.11 Å². The van der Waals surface area contributed by atoms with Crippen LogP contribution in [0, 0.1) is 0 Å². The maximum atomic E-state index is 9.97. The number of hydrogen-bond donors (Lipinski definition) is 2. The second-order valence-corrected chi connectivity index (χ2v) is 5.24. The van der Waals surface area contributed by atoms with Crippen LogP contribution in [0.4, 0.5) is 0 Å². The number of nitrogens with one attached hydrogen (secondary N) is 1. The lowest BCUT2D eigenvalue weighted by Crippen LogP contribution is -2.33. The number of dihydropyridines is 1. The lowest BCUT2D eigenvalue weighted by atomic mass is 9.98. The van der Waals surface area contributed by atoms with Crippen LogP contribution in [0.2, 0.25) is 0 Å². The molecule has 17 heavy (non-hydrogen) atoms. The van der Waals surface area contributed by atoms with E-state index in [2.05, 4.69) is 33.4 Å². The molecule has 0 aromatic rings. The van der Waals surface area contributed by atoms with Crippen molar-refractivity contribution in [2.75, 3.05) is 5.33 Å². The van der Waals surface area contributed by atoms with Crippen LogP contribution in [0.3, 0.4) is 0 Å². The molecule has 3 heteroatoms. The highest BCUT2D eigenvalue weighted by Crippen LogP contribution is 2.25. The summed E-state index contributed by atoms with van der Waals surface area (Å²) >= 11 is 3.46. The maximum absolute atomic E-state index is 9.97. The molecule has 0 bridgehead atoms. The highest BCUT2D eigenvalue weighted by molar-refractivity contribution is 9.09. The number of aliphatic hydroxyl groups is 1. The van der Waals surface area contributed by atoms with E-state index >= 15 is 0 Å². The molecule has 0 aromatic heterocycles. The first-order valence-electron chi connectivity index (χ1n) is 5.58. The van der Waals surface area contributed by atoms with Gasteiger partial charge in [-0.25, -0.2) is 0 Å². The third-order valence-electron chi connectivity index (χ3n) is 2.74. The van der Waals surface area contributed by atoms with Gasteiger partial charge < -0.3 is 10.4 Å². The van der Waals surface area contributed by atoms with Crippen LogP contribution in [-0.2, 0) is 0 Å². The lowest BCUT2D eigenvalue weighted by Gasteiger charge is -2.27. The molecule has 0 amide bonds. The van der Waals surface area contributed by atoms with Crippen LogP contribution >= 0.6 is 15.9 Å². The Morgan fingerprint density at radius 1 is 1.29 bits per heavy atom. The number of halogens is 1. The standard InChI is InChI=1S/C14H16BrNO/c1-14(2,17)13-7-6-11-8-10(9-15)4-3-5-12(11)16-13/h3-8,16-17H,9H2,1-2H3. The molecule has 0 spiro atoms. The zero-order valence-electron chi connectivity index (χ0n) is 10.00. The van der Waals surface area contributed by atoms with Crippen LogP contribution in [0.15, 0.2) is 59.0 Å². The molecule has 2 aliphatic rings. The van der Waals surface area contributed by atoms with E-state index in [0.717, 1.165) is 22.3 Å². The molecule has 2 rings (SSSR count). The molecule has 0 fully saturated rings. The van der Waals surface area contributed by atoms with Crippen LogP contribution < -0.4 is 5.32 Å². The predicted molar refractivity (Wildman–Crippen MR) is 74.7 cm³/mol. The normalized spacial score (nSPS) is 19.3. The summed E-state index contributed by atoms with van der Waals surface area (Å²) in [4.78, 5) is 0. The Balaban J connectivity index is 2.37. The van der Waals surface area contributed by atoms with Gasteiger partial charge in [-0.1, -0.05) is 34.2 Å². The largest absolute Gasteiger partial charge is 0.384 e. The minimum atomic E-state index is -0.846. The molecule has 0 saturated carbocycles. The summed E-state index contributed by atoms with van der Waals surface area (Å²) in [7, 11) is 0. The van der Waals surface area contributed by atoms with Crippen molar-refractivity contribution in [1.29, 1.82) is 0 Å². The quantitative estimate of drug-likeness (QED) is 0.767. The Morgan fingerprint density at radius 3 is 2.71 bits per heavy atom. The van der Waals surface area contributed by atoms with E-state index in [4.69, 9.17) is 0 Å². The van der Waals surface area contributed by atoms with Crippen LogP contribution in [0.1, 0.15) is 13.8 Å². The third kappa shape index (κ3) is 2.79. The van der Waals surface area contributed by atoms with Crippen molar-refractivity contribution in [2.45, 2.75) is 19.4 Å². The summed E-state index contributed by atoms with van der Waals surface area (Å²) in [6.45, 7) is 3.55. The van der Waals surface area contributed by atoms with Gasteiger partial charge in [0.15, 0.2) is 0 Å². The number of allylic oxidation sites excluding steroid dienone is 7. The molecule has 1 heterocycles. The summed E-state index contributed by atoms with van der Waals surface area (Å²) in [5.41, 5.74) is 3.36. The molecular weight excluding hydrogens is 278 g/mol. The summed E-state index contributed by atoms with van der Waals surface area (Å²) in [6, 6.07) is 0. The van der Waals surface area contributed by atoms with Crippen molar-refractivity contribution in [1.82, 2.24) is 5.32 Å². The number of hydrogen-bond acceptors (Lipinski definition) is 2. The summed E-state index contributed by atoms with van der Waals surface area (Å²) in [5.74, 6) is 0. The fourth-order valence-electron chi connectivity index (χ4n) is 1.74. The highest BCUT2D eigenvalue weighted by atomic mass is 79.9. The summed E-state index contributed by atoms with van der Waals surface area (Å²) in [5, 5.41) is 14.1. The summed E-state index contributed by atoms with van der Waals surface area (Å²) < 4.78 is 0. The predicted octanol–water partition coefficient (Wildman–Crippen LogP) is 2.95. The Bertz CT molecular complexity index is 473. The van der Waals surface area contributed by atoms with E-state index in [0.29, 0.717) is 0 Å². The zero-order chi connectivity index (χ0) is 12.5. The topological polar surface area (TPSA) is 32.3 Å². The highest BCUT2D eigenvalue weighted by Gasteiger charge is 2.22. The first kappa shape index (κ1) is 12.4. The van der Waals surface area contributed by atoms with Gasteiger partial charge >= 0.3 is 0 Å². The van der Waals surface area contributed by atoms with Crippen molar-refractivity contribution in [3.05, 3.63) is 59.0 Å². The Hall–Kier alpha value is -1.06. The van der Waals surface area contributed by atoms with Gasteiger partial charge in [0.05, 0.1) is 5.60 Å².